The van der Waals surface area contributed by atoms with Gasteiger partial charge in [0.15, 0.2) is 6.10 Å². The summed E-state index contributed by atoms with van der Waals surface area (Å²) in [6.45, 7) is 3.71. The lowest BCUT2D eigenvalue weighted by atomic mass is 9.79. The fourth-order valence-electron chi connectivity index (χ4n) is 3.93. The summed E-state index contributed by atoms with van der Waals surface area (Å²) in [5.41, 5.74) is 0.327. The number of benzene rings is 1. The lowest BCUT2D eigenvalue weighted by Crippen LogP contribution is -2.26. The summed E-state index contributed by atoms with van der Waals surface area (Å²) in [4.78, 5) is 15.4. The van der Waals surface area contributed by atoms with E-state index in [1.54, 1.807) is 13.0 Å². The summed E-state index contributed by atoms with van der Waals surface area (Å²) in [6.07, 6.45) is -0.614. The maximum atomic E-state index is 13.0. The van der Waals surface area contributed by atoms with Gasteiger partial charge in [-0.25, -0.2) is 9.78 Å². The van der Waals surface area contributed by atoms with Crippen molar-refractivity contribution in [3.8, 4) is 11.5 Å². The fourth-order valence-corrected chi connectivity index (χ4v) is 3.93. The number of ether oxygens (including phenoxy) is 1. The zero-order valence-corrected chi connectivity index (χ0v) is 17.0. The van der Waals surface area contributed by atoms with Crippen molar-refractivity contribution in [1.82, 2.24) is 4.98 Å². The number of alkyl halides is 3. The van der Waals surface area contributed by atoms with Gasteiger partial charge in [0.2, 0.25) is 5.89 Å². The molecule has 1 aromatic heterocycles. The Labute approximate surface area is 173 Å². The highest BCUT2D eigenvalue weighted by atomic mass is 19.4. The molecule has 3 rings (SSSR count). The molecule has 0 aliphatic heterocycles. The van der Waals surface area contributed by atoms with Gasteiger partial charge in [-0.3, -0.25) is 0 Å². The van der Waals surface area contributed by atoms with Crippen LogP contribution in [0.4, 0.5) is 13.2 Å². The van der Waals surface area contributed by atoms with Crippen LogP contribution in [0.2, 0.25) is 0 Å². The van der Waals surface area contributed by atoms with E-state index in [2.05, 4.69) is 4.98 Å². The zero-order valence-electron chi connectivity index (χ0n) is 17.0. The average Bonchev–Trinajstić information content (AvgIpc) is 3.06. The van der Waals surface area contributed by atoms with Crippen LogP contribution in [0.3, 0.4) is 0 Å². The summed E-state index contributed by atoms with van der Waals surface area (Å²) in [7, 11) is 0. The molecule has 1 unspecified atom stereocenters. The minimum Gasteiger partial charge on any atom is -0.479 e. The van der Waals surface area contributed by atoms with Crippen molar-refractivity contribution in [2.75, 3.05) is 6.61 Å². The van der Waals surface area contributed by atoms with E-state index < -0.39 is 23.8 Å². The molecule has 0 bridgehead atoms. The number of oxazole rings is 1. The average molecular weight is 425 g/mol. The molecule has 1 saturated carbocycles. The Morgan fingerprint density at radius 1 is 1.33 bits per heavy atom. The van der Waals surface area contributed by atoms with E-state index in [4.69, 9.17) is 14.3 Å². The van der Waals surface area contributed by atoms with Gasteiger partial charge >= 0.3 is 12.1 Å². The largest absolute Gasteiger partial charge is 0.479 e. The second-order valence-electron chi connectivity index (χ2n) is 8.02. The third-order valence-corrected chi connectivity index (χ3v) is 5.63. The van der Waals surface area contributed by atoms with Gasteiger partial charge in [0.1, 0.15) is 5.76 Å². The van der Waals surface area contributed by atoms with E-state index in [1.807, 2.05) is 0 Å². The minimum absolute atomic E-state index is 0.194. The molecule has 1 aliphatic rings. The Kier molecular flexibility index (Phi) is 6.85. The predicted octanol–water partition coefficient (Wildman–Crippen LogP) is 5.51. The molecule has 2 aromatic rings. The fraction of sp³-hybridized carbons (Fsp3) is 0.545. The molecule has 1 heterocycles. The first-order chi connectivity index (χ1) is 14.1. The van der Waals surface area contributed by atoms with Crippen molar-refractivity contribution in [2.24, 2.45) is 11.8 Å². The number of aromatic nitrogens is 1. The molecule has 1 aromatic carbocycles. The van der Waals surface area contributed by atoms with Gasteiger partial charge in [-0.15, -0.1) is 0 Å². The molecular weight excluding hydrogens is 399 g/mol. The number of aryl methyl sites for hydroxylation is 1. The van der Waals surface area contributed by atoms with Crippen LogP contribution in [0.15, 0.2) is 28.7 Å². The highest BCUT2D eigenvalue weighted by molar-refractivity contribution is 5.71. The first-order valence-corrected chi connectivity index (χ1v) is 10.1. The summed E-state index contributed by atoms with van der Waals surface area (Å²) in [6, 6.07) is 4.98. The number of hydrogen-bond donors (Lipinski definition) is 1. The van der Waals surface area contributed by atoms with Gasteiger partial charge in [-0.2, -0.15) is 13.2 Å². The van der Waals surface area contributed by atoms with E-state index in [0.717, 1.165) is 43.5 Å². The number of halogens is 3. The molecule has 0 radical (unpaired) electrons. The Morgan fingerprint density at radius 2 is 2.07 bits per heavy atom. The molecule has 1 N–H and O–H groups in total. The molecule has 5 nitrogen and oxygen atoms in total. The molecule has 1 aliphatic carbocycles. The van der Waals surface area contributed by atoms with Gasteiger partial charge in [0, 0.05) is 5.56 Å². The molecule has 3 atom stereocenters. The predicted molar refractivity (Wildman–Crippen MR) is 104 cm³/mol. The van der Waals surface area contributed by atoms with E-state index in [-0.39, 0.29) is 5.89 Å². The van der Waals surface area contributed by atoms with Gasteiger partial charge in [-0.05, 0) is 63.1 Å². The molecule has 0 amide bonds. The topological polar surface area (TPSA) is 72.6 Å². The van der Waals surface area contributed by atoms with Gasteiger partial charge in [0.25, 0.3) is 0 Å². The van der Waals surface area contributed by atoms with E-state index in [0.29, 0.717) is 36.2 Å². The van der Waals surface area contributed by atoms with E-state index >= 15 is 0 Å². The number of carboxylic acids is 1. The van der Waals surface area contributed by atoms with Crippen LogP contribution in [0.5, 0.6) is 0 Å². The van der Waals surface area contributed by atoms with E-state index in [1.165, 1.54) is 13.0 Å². The highest BCUT2D eigenvalue weighted by Gasteiger charge is 2.31. The second kappa shape index (κ2) is 9.20. The monoisotopic (exact) mass is 425 g/mol. The van der Waals surface area contributed by atoms with E-state index in [9.17, 15) is 18.0 Å². The molecule has 30 heavy (non-hydrogen) atoms. The number of nitrogens with zero attached hydrogens (tertiary/aromatic N) is 1. The smallest absolute Gasteiger partial charge is 0.416 e. The Bertz CT molecular complexity index is 878. The van der Waals surface area contributed by atoms with Crippen LogP contribution in [-0.2, 0) is 22.1 Å². The van der Waals surface area contributed by atoms with Crippen molar-refractivity contribution in [3.05, 3.63) is 41.3 Å². The summed E-state index contributed by atoms with van der Waals surface area (Å²) in [5.74, 6) is 0.480. The Morgan fingerprint density at radius 3 is 2.77 bits per heavy atom. The van der Waals surface area contributed by atoms with Crippen LogP contribution in [-0.4, -0.2) is 28.8 Å². The van der Waals surface area contributed by atoms with Crippen molar-refractivity contribution in [1.29, 1.82) is 0 Å². The first-order valence-electron chi connectivity index (χ1n) is 10.1. The standard InChI is InChI=1S/C22H26F3NO4/c1-13-19(10-15-5-3-6-16(9-15)12-29-14(2)21(27)28)26-20(30-13)17-7-4-8-18(11-17)22(23,24)25/h4,7-8,11,14-16H,3,5-6,9-10,12H2,1-2H3,(H,27,28)/t14?,15-,16+/m0/s1. The quantitative estimate of drug-likeness (QED) is 0.634. The number of rotatable bonds is 7. The van der Waals surface area contributed by atoms with Gasteiger partial charge in [0.05, 0.1) is 17.9 Å². The summed E-state index contributed by atoms with van der Waals surface area (Å²) >= 11 is 0. The van der Waals surface area contributed by atoms with Crippen molar-refractivity contribution < 1.29 is 32.2 Å². The third kappa shape index (κ3) is 5.62. The zero-order chi connectivity index (χ0) is 21.9. The normalized spacial score (nSPS) is 20.8. The van der Waals surface area contributed by atoms with Crippen molar-refractivity contribution in [3.63, 3.8) is 0 Å². The van der Waals surface area contributed by atoms with Crippen LogP contribution in [0.1, 0.15) is 49.6 Å². The van der Waals surface area contributed by atoms with Gasteiger partial charge in [-0.1, -0.05) is 18.9 Å². The minimum atomic E-state index is -4.42. The first kappa shape index (κ1) is 22.3. The molecule has 0 saturated heterocycles. The van der Waals surface area contributed by atoms with Crippen LogP contribution in [0, 0.1) is 18.8 Å². The molecule has 164 valence electrons. The highest BCUT2D eigenvalue weighted by Crippen LogP contribution is 2.35. The Hall–Kier alpha value is -2.35. The Balaban J connectivity index is 1.65. The number of aliphatic carboxylic acids is 1. The SMILES string of the molecule is Cc1oc(-c2cccc(C(F)(F)F)c2)nc1C[C@H]1CCC[C@@H](COC(C)C(=O)O)C1. The summed E-state index contributed by atoms with van der Waals surface area (Å²) < 4.78 is 50.0. The number of carboxylic acid groups (broad SMARTS) is 1. The molecule has 1 fully saturated rings. The maximum Gasteiger partial charge on any atom is 0.416 e. The maximum absolute atomic E-state index is 13.0. The van der Waals surface area contributed by atoms with Crippen LogP contribution in [0.25, 0.3) is 11.5 Å². The van der Waals surface area contributed by atoms with Gasteiger partial charge < -0.3 is 14.3 Å². The third-order valence-electron chi connectivity index (χ3n) is 5.63. The number of hydrogen-bond acceptors (Lipinski definition) is 4. The second-order valence-corrected chi connectivity index (χ2v) is 8.02. The number of carbonyl (C=O) groups is 1. The van der Waals surface area contributed by atoms with Crippen LogP contribution < -0.4 is 0 Å². The van der Waals surface area contributed by atoms with Crippen LogP contribution >= 0.6 is 0 Å². The lowest BCUT2D eigenvalue weighted by molar-refractivity contribution is -0.150. The molecular formula is C22H26F3NO4. The van der Waals surface area contributed by atoms with Crippen molar-refractivity contribution in [2.45, 2.75) is 58.2 Å². The van der Waals surface area contributed by atoms with Crippen molar-refractivity contribution >= 4 is 5.97 Å². The molecule has 8 heteroatoms. The lowest BCUT2D eigenvalue weighted by Gasteiger charge is -2.29. The summed E-state index contributed by atoms with van der Waals surface area (Å²) in [5, 5.41) is 8.94. The molecule has 0 spiro atoms.